The van der Waals surface area contributed by atoms with Crippen molar-refractivity contribution < 1.29 is 4.74 Å². The van der Waals surface area contributed by atoms with Crippen molar-refractivity contribution in [1.82, 2.24) is 0 Å². The minimum Gasteiger partial charge on any atom is -0.381 e. The van der Waals surface area contributed by atoms with Gasteiger partial charge in [-0.1, -0.05) is 24.3 Å². The van der Waals surface area contributed by atoms with Crippen LogP contribution in [-0.4, -0.2) is 13.4 Å². The Balaban J connectivity index is 2.01. The second kappa shape index (κ2) is 7.22. The smallest absolute Gasteiger partial charge is 0.0716 e. The lowest BCUT2D eigenvalue weighted by molar-refractivity contribution is 0.184. The molecule has 19 heavy (non-hydrogen) atoms. The van der Waals surface area contributed by atoms with Gasteiger partial charge in [-0.3, -0.25) is 0 Å². The van der Waals surface area contributed by atoms with Gasteiger partial charge in [0.15, 0.2) is 0 Å². The average molecular weight is 273 g/mol. The van der Waals surface area contributed by atoms with Crippen LogP contribution in [0.25, 0.3) is 0 Å². The van der Waals surface area contributed by atoms with Crippen LogP contribution in [0.2, 0.25) is 0 Å². The fourth-order valence-electron chi connectivity index (χ4n) is 1.93. The molecule has 2 rings (SSSR count). The second-order valence-electron chi connectivity index (χ2n) is 4.28. The number of benzene rings is 2. The second-order valence-corrected chi connectivity index (χ2v) is 5.16. The molecule has 0 heterocycles. The van der Waals surface area contributed by atoms with Crippen molar-refractivity contribution in [3.63, 3.8) is 0 Å². The molecule has 0 saturated heterocycles. The van der Waals surface area contributed by atoms with Crippen molar-refractivity contribution in [3.8, 4) is 0 Å². The van der Waals surface area contributed by atoms with Crippen LogP contribution in [0.5, 0.6) is 0 Å². The summed E-state index contributed by atoms with van der Waals surface area (Å²) in [6.45, 7) is 1.47. The summed E-state index contributed by atoms with van der Waals surface area (Å²) in [7, 11) is 1.73. The Morgan fingerprint density at radius 3 is 2.32 bits per heavy atom. The Hall–Kier alpha value is -1.45. The Bertz CT molecular complexity index is 510. The molecule has 3 heteroatoms. The third kappa shape index (κ3) is 4.01. The summed E-state index contributed by atoms with van der Waals surface area (Å²) >= 11 is 1.76. The molecule has 0 saturated carbocycles. The van der Waals surface area contributed by atoms with E-state index in [0.717, 1.165) is 12.2 Å². The number of hydrogen-bond acceptors (Lipinski definition) is 3. The maximum absolute atomic E-state index is 5.22. The normalized spacial score (nSPS) is 10.4. The van der Waals surface area contributed by atoms with E-state index in [1.807, 2.05) is 6.07 Å². The Labute approximate surface area is 119 Å². The summed E-state index contributed by atoms with van der Waals surface area (Å²) in [4.78, 5) is 1.28. The lowest BCUT2D eigenvalue weighted by Gasteiger charge is -2.11. The minimum atomic E-state index is 0.656. The molecule has 0 atom stereocenters. The Morgan fingerprint density at radius 2 is 1.68 bits per heavy atom. The monoisotopic (exact) mass is 273 g/mol. The lowest BCUT2D eigenvalue weighted by atomic mass is 10.1. The predicted octanol–water partition coefficient (Wildman–Crippen LogP) is 4.17. The number of rotatable bonds is 6. The summed E-state index contributed by atoms with van der Waals surface area (Å²) in [5.41, 5.74) is 3.65. The van der Waals surface area contributed by atoms with Crippen molar-refractivity contribution in [2.24, 2.45) is 0 Å². The molecule has 0 fully saturated rings. The van der Waals surface area contributed by atoms with E-state index in [0.29, 0.717) is 6.61 Å². The van der Waals surface area contributed by atoms with Gasteiger partial charge in [0.1, 0.15) is 0 Å². The van der Waals surface area contributed by atoms with E-state index < -0.39 is 0 Å². The van der Waals surface area contributed by atoms with Gasteiger partial charge in [0.25, 0.3) is 0 Å². The van der Waals surface area contributed by atoms with Gasteiger partial charge < -0.3 is 10.1 Å². The van der Waals surface area contributed by atoms with E-state index in [2.05, 4.69) is 54.0 Å². The molecule has 0 amide bonds. The van der Waals surface area contributed by atoms with E-state index in [4.69, 9.17) is 4.74 Å². The van der Waals surface area contributed by atoms with Gasteiger partial charge in [0.2, 0.25) is 0 Å². The molecule has 2 nitrogen and oxygen atoms in total. The predicted molar refractivity (Wildman–Crippen MR) is 82.7 cm³/mol. The van der Waals surface area contributed by atoms with E-state index in [-0.39, 0.29) is 0 Å². The average Bonchev–Trinajstić information content (AvgIpc) is 2.47. The fraction of sp³-hybridized carbons (Fsp3) is 0.250. The van der Waals surface area contributed by atoms with Crippen LogP contribution in [0.3, 0.4) is 0 Å². The molecule has 0 radical (unpaired) electrons. The third-order valence-electron chi connectivity index (χ3n) is 2.99. The van der Waals surface area contributed by atoms with Crippen LogP contribution in [0.15, 0.2) is 53.4 Å². The fourth-order valence-corrected chi connectivity index (χ4v) is 2.34. The van der Waals surface area contributed by atoms with Gasteiger partial charge in [-0.15, -0.1) is 11.8 Å². The Morgan fingerprint density at radius 1 is 1.00 bits per heavy atom. The first kappa shape index (κ1) is 14.0. The minimum absolute atomic E-state index is 0.656. The first-order chi connectivity index (χ1) is 9.33. The molecule has 0 bridgehead atoms. The summed E-state index contributed by atoms with van der Waals surface area (Å²) in [5, 5.41) is 3.45. The highest BCUT2D eigenvalue weighted by atomic mass is 32.2. The zero-order valence-corrected chi connectivity index (χ0v) is 12.2. The van der Waals surface area contributed by atoms with Crippen LogP contribution in [0, 0.1) is 0 Å². The molecule has 0 aliphatic heterocycles. The zero-order chi connectivity index (χ0) is 13.5. The number of methoxy groups -OCH3 is 1. The Kier molecular flexibility index (Phi) is 5.31. The van der Waals surface area contributed by atoms with Gasteiger partial charge >= 0.3 is 0 Å². The first-order valence-corrected chi connectivity index (χ1v) is 7.49. The van der Waals surface area contributed by atoms with Gasteiger partial charge in [0.05, 0.1) is 6.61 Å². The first-order valence-electron chi connectivity index (χ1n) is 6.27. The largest absolute Gasteiger partial charge is 0.381 e. The molecular weight excluding hydrogens is 254 g/mol. The van der Waals surface area contributed by atoms with Gasteiger partial charge in [0, 0.05) is 24.2 Å². The van der Waals surface area contributed by atoms with E-state index in [1.54, 1.807) is 18.9 Å². The van der Waals surface area contributed by atoms with Crippen molar-refractivity contribution in [2.75, 3.05) is 18.7 Å². The highest BCUT2D eigenvalue weighted by Gasteiger charge is 2.01. The molecule has 0 spiro atoms. The number of anilines is 1. The van der Waals surface area contributed by atoms with Gasteiger partial charge in [-0.05, 0) is 41.6 Å². The maximum Gasteiger partial charge on any atom is 0.0716 e. The van der Waals surface area contributed by atoms with E-state index in [9.17, 15) is 0 Å². The van der Waals surface area contributed by atoms with E-state index in [1.165, 1.54) is 16.0 Å². The highest BCUT2D eigenvalue weighted by molar-refractivity contribution is 7.98. The standard InChI is InChI=1S/C16H19NOS/c1-18-12-14-6-4-3-5-13(14)11-17-15-7-9-16(19-2)10-8-15/h3-10,17H,11-12H2,1-2H3. The molecule has 0 aromatic heterocycles. The van der Waals surface area contributed by atoms with E-state index >= 15 is 0 Å². The van der Waals surface area contributed by atoms with Gasteiger partial charge in [-0.2, -0.15) is 0 Å². The van der Waals surface area contributed by atoms with Crippen LogP contribution in [0.4, 0.5) is 5.69 Å². The molecule has 100 valence electrons. The molecule has 2 aromatic rings. The molecule has 0 unspecified atom stereocenters. The number of thioether (sulfide) groups is 1. The van der Waals surface area contributed by atoms with Crippen molar-refractivity contribution in [2.45, 2.75) is 18.0 Å². The van der Waals surface area contributed by atoms with Crippen molar-refractivity contribution in [3.05, 3.63) is 59.7 Å². The van der Waals surface area contributed by atoms with Crippen molar-refractivity contribution in [1.29, 1.82) is 0 Å². The summed E-state index contributed by atoms with van der Waals surface area (Å²) in [6, 6.07) is 16.9. The quantitative estimate of drug-likeness (QED) is 0.798. The van der Waals surface area contributed by atoms with Crippen LogP contribution >= 0.6 is 11.8 Å². The van der Waals surface area contributed by atoms with Crippen LogP contribution in [0.1, 0.15) is 11.1 Å². The molecular formula is C16H19NOS. The molecule has 1 N–H and O–H groups in total. The lowest BCUT2D eigenvalue weighted by Crippen LogP contribution is -2.03. The summed E-state index contributed by atoms with van der Waals surface area (Å²) in [5.74, 6) is 0. The highest BCUT2D eigenvalue weighted by Crippen LogP contribution is 2.18. The molecule has 2 aromatic carbocycles. The number of nitrogens with one attached hydrogen (secondary N) is 1. The maximum atomic E-state index is 5.22. The number of hydrogen-bond donors (Lipinski definition) is 1. The van der Waals surface area contributed by atoms with Crippen molar-refractivity contribution >= 4 is 17.4 Å². The van der Waals surface area contributed by atoms with Crippen LogP contribution < -0.4 is 5.32 Å². The third-order valence-corrected chi connectivity index (χ3v) is 3.73. The molecule has 0 aliphatic carbocycles. The summed E-state index contributed by atoms with van der Waals surface area (Å²) in [6.07, 6.45) is 2.09. The topological polar surface area (TPSA) is 21.3 Å². The SMILES string of the molecule is COCc1ccccc1CNc1ccc(SC)cc1. The summed E-state index contributed by atoms with van der Waals surface area (Å²) < 4.78 is 5.22. The molecule has 0 aliphatic rings. The van der Waals surface area contributed by atoms with Gasteiger partial charge in [-0.25, -0.2) is 0 Å². The number of ether oxygens (including phenoxy) is 1. The zero-order valence-electron chi connectivity index (χ0n) is 11.3. The van der Waals surface area contributed by atoms with Crippen LogP contribution in [-0.2, 0) is 17.9 Å².